The summed E-state index contributed by atoms with van der Waals surface area (Å²) in [5.74, 6) is -1.66. The van der Waals surface area contributed by atoms with E-state index in [4.69, 9.17) is 15.2 Å². The lowest BCUT2D eigenvalue weighted by atomic mass is 9.73. The van der Waals surface area contributed by atoms with Crippen LogP contribution in [0.15, 0.2) is 11.0 Å². The highest BCUT2D eigenvalue weighted by atomic mass is 32.1. The van der Waals surface area contributed by atoms with Gasteiger partial charge in [-0.3, -0.25) is 9.59 Å². The highest BCUT2D eigenvalue weighted by molar-refractivity contribution is 7.09. The molecule has 0 spiro atoms. The Hall–Kier alpha value is -1.65. The number of thiazole rings is 1. The molecule has 202 valence electrons. The van der Waals surface area contributed by atoms with Crippen molar-refractivity contribution in [2.45, 2.75) is 104 Å². The van der Waals surface area contributed by atoms with Crippen molar-refractivity contribution < 1.29 is 29.3 Å². The van der Waals surface area contributed by atoms with Gasteiger partial charge in [-0.15, -0.1) is 11.3 Å². The zero-order valence-electron chi connectivity index (χ0n) is 22.3. The van der Waals surface area contributed by atoms with Crippen LogP contribution in [0.25, 0.3) is 6.08 Å². The van der Waals surface area contributed by atoms with Crippen LogP contribution in [0, 0.1) is 24.2 Å². The molecular weight excluding hydrogens is 480 g/mol. The zero-order valence-corrected chi connectivity index (χ0v) is 23.1. The average molecular weight is 523 g/mol. The second kappa shape index (κ2) is 11.4. The Morgan fingerprint density at radius 3 is 2.61 bits per heavy atom. The van der Waals surface area contributed by atoms with Crippen LogP contribution in [0.5, 0.6) is 0 Å². The number of nitrogens with zero attached hydrogens (tertiary/aromatic N) is 1. The summed E-state index contributed by atoms with van der Waals surface area (Å²) in [6.07, 6.45) is 1.44. The first-order chi connectivity index (χ1) is 16.8. The topological polar surface area (TPSA) is 135 Å². The van der Waals surface area contributed by atoms with E-state index in [9.17, 15) is 19.8 Å². The van der Waals surface area contributed by atoms with Crippen LogP contribution >= 0.6 is 11.3 Å². The summed E-state index contributed by atoms with van der Waals surface area (Å²) < 4.78 is 12.0. The first-order valence-corrected chi connectivity index (χ1v) is 13.8. The predicted octanol–water partition coefficient (Wildman–Crippen LogP) is 3.42. The molecule has 4 N–H and O–H groups in total. The van der Waals surface area contributed by atoms with Crippen molar-refractivity contribution in [1.29, 1.82) is 0 Å². The van der Waals surface area contributed by atoms with Crippen LogP contribution < -0.4 is 5.73 Å². The first-order valence-electron chi connectivity index (χ1n) is 12.9. The number of carbonyl (C=O) groups is 2. The lowest BCUT2D eigenvalue weighted by Gasteiger charge is -2.34. The van der Waals surface area contributed by atoms with Gasteiger partial charge in [0.25, 0.3) is 0 Å². The number of rotatable bonds is 3. The third-order valence-corrected chi connectivity index (χ3v) is 8.86. The van der Waals surface area contributed by atoms with Gasteiger partial charge in [-0.25, -0.2) is 4.98 Å². The average Bonchev–Trinajstić information content (AvgIpc) is 3.35. The van der Waals surface area contributed by atoms with Gasteiger partial charge in [0.15, 0.2) is 0 Å². The number of hydrogen-bond acceptors (Lipinski definition) is 9. The van der Waals surface area contributed by atoms with Gasteiger partial charge >= 0.3 is 5.97 Å². The molecule has 0 bridgehead atoms. The number of aliphatic hydroxyl groups is 2. The summed E-state index contributed by atoms with van der Waals surface area (Å²) in [5, 5.41) is 24.6. The molecule has 0 aromatic carbocycles. The third-order valence-electron chi connectivity index (χ3n) is 8.07. The van der Waals surface area contributed by atoms with Crippen LogP contribution in [0.4, 0.5) is 0 Å². The number of esters is 1. The predicted molar refractivity (Wildman–Crippen MR) is 139 cm³/mol. The smallest absolute Gasteiger partial charge is 0.309 e. The number of carbonyl (C=O) groups excluding carboxylic acids is 2. The summed E-state index contributed by atoms with van der Waals surface area (Å²) in [4.78, 5) is 30.7. The van der Waals surface area contributed by atoms with Crippen LogP contribution in [-0.4, -0.2) is 63.5 Å². The van der Waals surface area contributed by atoms with Gasteiger partial charge in [0.05, 0.1) is 40.8 Å². The number of epoxide rings is 1. The molecule has 0 aliphatic carbocycles. The maximum Gasteiger partial charge on any atom is 0.309 e. The van der Waals surface area contributed by atoms with Gasteiger partial charge in [0, 0.05) is 24.3 Å². The monoisotopic (exact) mass is 522 g/mol. The van der Waals surface area contributed by atoms with Gasteiger partial charge in [0.1, 0.15) is 17.5 Å². The molecular formula is C27H42N2O6S. The van der Waals surface area contributed by atoms with E-state index in [1.807, 2.05) is 32.2 Å². The van der Waals surface area contributed by atoms with Crippen molar-refractivity contribution in [3.05, 3.63) is 21.7 Å². The highest BCUT2D eigenvalue weighted by Gasteiger charge is 2.55. The van der Waals surface area contributed by atoms with Crippen molar-refractivity contribution in [3.63, 3.8) is 0 Å². The minimum Gasteiger partial charge on any atom is -0.458 e. The zero-order chi connectivity index (χ0) is 26.8. The molecule has 8 nitrogen and oxygen atoms in total. The normalized spacial score (nSPS) is 36.8. The highest BCUT2D eigenvalue weighted by Crippen LogP contribution is 2.45. The number of nitrogens with two attached hydrogens (primary N) is 1. The van der Waals surface area contributed by atoms with Crippen LogP contribution in [-0.2, 0) is 19.1 Å². The lowest BCUT2D eigenvalue weighted by molar-refractivity contribution is -0.154. The number of fused-ring (bicyclic) bond motifs is 1. The van der Waals surface area contributed by atoms with E-state index >= 15 is 0 Å². The quantitative estimate of drug-likeness (QED) is 0.406. The summed E-state index contributed by atoms with van der Waals surface area (Å²) in [7, 11) is 0. The van der Waals surface area contributed by atoms with Gasteiger partial charge < -0.3 is 25.4 Å². The number of aryl methyl sites for hydroxylation is 1. The summed E-state index contributed by atoms with van der Waals surface area (Å²) >= 11 is 1.55. The number of ether oxygens (including phenoxy) is 2. The Balaban J connectivity index is 1.88. The summed E-state index contributed by atoms with van der Waals surface area (Å²) in [6, 6.07) is 0. The molecule has 3 rings (SSSR count). The molecule has 0 unspecified atom stereocenters. The Morgan fingerprint density at radius 2 is 2.00 bits per heavy atom. The van der Waals surface area contributed by atoms with E-state index in [0.29, 0.717) is 13.0 Å². The van der Waals surface area contributed by atoms with E-state index in [2.05, 4.69) is 4.98 Å². The molecule has 7 atom stereocenters. The minimum absolute atomic E-state index is 0.110. The Morgan fingerprint density at radius 1 is 1.31 bits per heavy atom. The number of aromatic nitrogens is 1. The minimum atomic E-state index is -1.25. The molecule has 2 fully saturated rings. The number of ketones is 1. The third kappa shape index (κ3) is 6.42. The van der Waals surface area contributed by atoms with Gasteiger partial charge in [-0.2, -0.15) is 0 Å². The molecule has 0 radical (unpaired) electrons. The van der Waals surface area contributed by atoms with Gasteiger partial charge in [-0.05, 0) is 44.3 Å². The molecule has 3 heterocycles. The molecule has 36 heavy (non-hydrogen) atoms. The Labute approximate surface area is 218 Å². The number of aliphatic hydroxyl groups excluding tert-OH is 2. The van der Waals surface area contributed by atoms with E-state index in [-0.39, 0.29) is 24.2 Å². The van der Waals surface area contributed by atoms with Crippen molar-refractivity contribution in [3.8, 4) is 0 Å². The molecule has 1 aromatic heterocycles. The Kier molecular flexibility index (Phi) is 9.15. The van der Waals surface area contributed by atoms with E-state index in [1.165, 1.54) is 0 Å². The molecule has 0 amide bonds. The van der Waals surface area contributed by atoms with Crippen molar-refractivity contribution >= 4 is 29.2 Å². The molecule has 0 saturated carbocycles. The van der Waals surface area contributed by atoms with Crippen LogP contribution in [0.1, 0.15) is 77.4 Å². The largest absolute Gasteiger partial charge is 0.458 e. The van der Waals surface area contributed by atoms with E-state index in [1.54, 1.807) is 32.1 Å². The van der Waals surface area contributed by atoms with Gasteiger partial charge in [0.2, 0.25) is 0 Å². The van der Waals surface area contributed by atoms with Crippen LogP contribution in [0.2, 0.25) is 0 Å². The fourth-order valence-electron chi connectivity index (χ4n) is 5.22. The van der Waals surface area contributed by atoms with Crippen molar-refractivity contribution in [1.82, 2.24) is 4.98 Å². The van der Waals surface area contributed by atoms with E-state index < -0.39 is 41.2 Å². The fraction of sp³-hybridized carbons (Fsp3) is 0.741. The maximum absolute atomic E-state index is 13.2. The SMILES string of the molecule is C/C(=C\c1csc(C)n1)[C@@H]1C[C@@H]2O[C@]2(CN)CCC[C@H](C)[C@H](O)[C@@H](C)C(=O)C(C)(C)[C@@H](O)CC(=O)O1. The lowest BCUT2D eigenvalue weighted by Crippen LogP contribution is -2.45. The summed E-state index contributed by atoms with van der Waals surface area (Å²) in [5.41, 5.74) is 6.03. The maximum atomic E-state index is 13.2. The standard InChI is InChI=1S/C27H42N2O6S/c1-15-8-7-9-27(14-28)22(35-27)11-20(16(2)10-19-13-36-18(4)29-19)34-23(31)12-21(30)26(5,6)25(33)17(3)24(15)32/h10,13,15,17,20-22,24,30,32H,7-9,11-12,14,28H2,1-6H3/b16-10+/t15-,17+,20-,21-,22-,24-,27-/m0/s1. The number of Topliss-reactive ketones (excluding diaryl/α,β-unsaturated/α-hetero) is 1. The summed E-state index contributed by atoms with van der Waals surface area (Å²) in [6.45, 7) is 11.0. The molecule has 2 aliphatic rings. The second-order valence-electron chi connectivity index (χ2n) is 11.2. The van der Waals surface area contributed by atoms with Crippen molar-refractivity contribution in [2.75, 3.05) is 6.54 Å². The second-order valence-corrected chi connectivity index (χ2v) is 12.3. The Bertz CT molecular complexity index is 975. The molecule has 2 aliphatic heterocycles. The number of cyclic esters (lactones) is 1. The number of hydrogen-bond donors (Lipinski definition) is 3. The molecule has 9 heteroatoms. The van der Waals surface area contributed by atoms with Crippen molar-refractivity contribution in [2.24, 2.45) is 23.0 Å². The molecule has 2 saturated heterocycles. The first kappa shape index (κ1) is 28.9. The van der Waals surface area contributed by atoms with E-state index in [0.717, 1.165) is 35.5 Å². The fourth-order valence-corrected chi connectivity index (χ4v) is 5.79. The molecule has 1 aromatic rings. The van der Waals surface area contributed by atoms with Gasteiger partial charge in [-0.1, -0.05) is 34.1 Å². The van der Waals surface area contributed by atoms with Crippen LogP contribution in [0.3, 0.4) is 0 Å².